The summed E-state index contributed by atoms with van der Waals surface area (Å²) >= 11 is 1.18. The fourth-order valence-electron chi connectivity index (χ4n) is 3.20. The molecule has 0 aliphatic carbocycles. The monoisotopic (exact) mass is 441 g/mol. The van der Waals surface area contributed by atoms with Gasteiger partial charge < -0.3 is 19.5 Å². The number of fused-ring (bicyclic) bond motifs is 1. The molecule has 2 aliphatic rings. The Morgan fingerprint density at radius 3 is 2.61 bits per heavy atom. The Hall–Kier alpha value is -3.53. The Balaban J connectivity index is 1.44. The number of anilines is 2. The number of thioether (sulfide) groups is 1. The number of rotatable bonds is 4. The van der Waals surface area contributed by atoms with E-state index in [4.69, 9.17) is 9.47 Å². The Morgan fingerprint density at radius 1 is 1.16 bits per heavy atom. The summed E-state index contributed by atoms with van der Waals surface area (Å²) in [4.78, 5) is 42.4. The summed E-state index contributed by atoms with van der Waals surface area (Å²) in [5, 5.41) is 3.02. The number of amides is 2. The van der Waals surface area contributed by atoms with Gasteiger partial charge in [-0.05, 0) is 36.4 Å². The number of carbonyl (C=O) groups is 3. The minimum Gasteiger partial charge on any atom is -0.465 e. The average Bonchev–Trinajstić information content (AvgIpc) is 3.36. The number of methoxy groups -OCH3 is 1. The summed E-state index contributed by atoms with van der Waals surface area (Å²) in [6.45, 7) is 0.178. The maximum absolute atomic E-state index is 12.9. The molecule has 160 valence electrons. The molecule has 1 saturated heterocycles. The van der Waals surface area contributed by atoms with E-state index in [1.807, 2.05) is 6.07 Å². The molecule has 0 unspecified atom stereocenters. The van der Waals surface area contributed by atoms with Gasteiger partial charge in [-0.15, -0.1) is 0 Å². The number of aliphatic imine (C=N–C) groups is 1. The van der Waals surface area contributed by atoms with E-state index in [1.54, 1.807) is 31.3 Å². The van der Waals surface area contributed by atoms with Crippen LogP contribution < -0.4 is 19.7 Å². The predicted molar refractivity (Wildman–Crippen MR) is 116 cm³/mol. The Kier molecular flexibility index (Phi) is 5.81. The summed E-state index contributed by atoms with van der Waals surface area (Å²) in [7, 11) is 2.89. The first-order valence-corrected chi connectivity index (χ1v) is 10.2. The Labute approximate surface area is 182 Å². The first-order valence-electron chi connectivity index (χ1n) is 9.35. The van der Waals surface area contributed by atoms with Crippen LogP contribution in [-0.2, 0) is 14.3 Å². The van der Waals surface area contributed by atoms with Crippen LogP contribution in [0.15, 0.2) is 47.5 Å². The zero-order chi connectivity index (χ0) is 22.0. The van der Waals surface area contributed by atoms with Crippen molar-refractivity contribution in [2.75, 3.05) is 31.2 Å². The summed E-state index contributed by atoms with van der Waals surface area (Å²) < 4.78 is 15.3. The van der Waals surface area contributed by atoms with Gasteiger partial charge in [-0.3, -0.25) is 14.6 Å². The van der Waals surface area contributed by atoms with Crippen LogP contribution in [0.1, 0.15) is 16.8 Å². The van der Waals surface area contributed by atoms with Crippen LogP contribution >= 0.6 is 11.8 Å². The normalized spacial score (nSPS) is 17.8. The van der Waals surface area contributed by atoms with Crippen LogP contribution in [0.25, 0.3) is 0 Å². The van der Waals surface area contributed by atoms with Crippen molar-refractivity contribution < 1.29 is 28.6 Å². The third-order valence-corrected chi connectivity index (χ3v) is 5.89. The van der Waals surface area contributed by atoms with Crippen molar-refractivity contribution in [3.63, 3.8) is 0 Å². The number of esters is 1. The molecule has 2 aromatic rings. The highest BCUT2D eigenvalue weighted by molar-refractivity contribution is 8.15. The molecule has 1 fully saturated rings. The molecule has 2 aromatic carbocycles. The maximum atomic E-state index is 12.9. The SMILES string of the molecule is CN=C(Nc1ccc2c(c1)OCO2)S[C@H]1CC(=O)N(c2ccc(C(=O)OC)cc2)C1=O. The lowest BCUT2D eigenvalue weighted by Crippen LogP contribution is -2.31. The van der Waals surface area contributed by atoms with E-state index in [0.717, 1.165) is 10.6 Å². The van der Waals surface area contributed by atoms with E-state index in [2.05, 4.69) is 15.0 Å². The zero-order valence-electron chi connectivity index (χ0n) is 16.8. The maximum Gasteiger partial charge on any atom is 0.337 e. The minimum atomic E-state index is -0.618. The molecule has 2 amide bonds. The first kappa shape index (κ1) is 20.7. The Bertz CT molecular complexity index is 1070. The quantitative estimate of drug-likeness (QED) is 0.334. The molecular weight excluding hydrogens is 422 g/mol. The molecule has 1 atom stereocenters. The van der Waals surface area contributed by atoms with Gasteiger partial charge in [-0.2, -0.15) is 0 Å². The zero-order valence-corrected chi connectivity index (χ0v) is 17.6. The van der Waals surface area contributed by atoms with Gasteiger partial charge in [0, 0.05) is 25.2 Å². The van der Waals surface area contributed by atoms with Gasteiger partial charge in [0.2, 0.25) is 18.6 Å². The second-order valence-corrected chi connectivity index (χ2v) is 7.83. The molecule has 2 aliphatic heterocycles. The van der Waals surface area contributed by atoms with E-state index in [1.165, 1.54) is 31.0 Å². The minimum absolute atomic E-state index is 0.0457. The number of amidine groups is 1. The molecule has 0 saturated carbocycles. The number of imide groups is 1. The van der Waals surface area contributed by atoms with Crippen molar-refractivity contribution >= 4 is 46.1 Å². The van der Waals surface area contributed by atoms with Crippen molar-refractivity contribution in [1.82, 2.24) is 0 Å². The smallest absolute Gasteiger partial charge is 0.337 e. The van der Waals surface area contributed by atoms with Gasteiger partial charge >= 0.3 is 5.97 Å². The fourth-order valence-corrected chi connectivity index (χ4v) is 4.19. The Morgan fingerprint density at radius 2 is 1.90 bits per heavy atom. The third-order valence-electron chi connectivity index (χ3n) is 4.73. The first-order chi connectivity index (χ1) is 15.0. The summed E-state index contributed by atoms with van der Waals surface area (Å²) in [5.41, 5.74) is 1.47. The largest absolute Gasteiger partial charge is 0.465 e. The van der Waals surface area contributed by atoms with Crippen LogP contribution in [0.2, 0.25) is 0 Å². The molecule has 9 nitrogen and oxygen atoms in total. The molecule has 0 radical (unpaired) electrons. The van der Waals surface area contributed by atoms with Crippen molar-refractivity contribution in [3.8, 4) is 11.5 Å². The number of hydrogen-bond donors (Lipinski definition) is 1. The highest BCUT2D eigenvalue weighted by Crippen LogP contribution is 2.35. The van der Waals surface area contributed by atoms with Gasteiger partial charge in [0.15, 0.2) is 16.7 Å². The molecule has 1 N–H and O–H groups in total. The van der Waals surface area contributed by atoms with Crippen LogP contribution in [0.5, 0.6) is 11.5 Å². The number of carbonyl (C=O) groups excluding carboxylic acids is 3. The molecule has 4 rings (SSSR count). The van der Waals surface area contributed by atoms with E-state index in [-0.39, 0.29) is 25.0 Å². The van der Waals surface area contributed by atoms with Crippen molar-refractivity contribution in [3.05, 3.63) is 48.0 Å². The van der Waals surface area contributed by atoms with Crippen molar-refractivity contribution in [1.29, 1.82) is 0 Å². The average molecular weight is 441 g/mol. The number of ether oxygens (including phenoxy) is 3. The van der Waals surface area contributed by atoms with Crippen molar-refractivity contribution in [2.45, 2.75) is 11.7 Å². The molecule has 2 heterocycles. The van der Waals surface area contributed by atoms with E-state index < -0.39 is 11.2 Å². The van der Waals surface area contributed by atoms with E-state index in [9.17, 15) is 14.4 Å². The van der Waals surface area contributed by atoms with Crippen molar-refractivity contribution in [2.24, 2.45) is 4.99 Å². The van der Waals surface area contributed by atoms with Gasteiger partial charge in [-0.1, -0.05) is 11.8 Å². The van der Waals surface area contributed by atoms with Gasteiger partial charge in [0.1, 0.15) is 5.25 Å². The molecule has 0 spiro atoms. The standard InChI is InChI=1S/C21H19N3O6S/c1-22-21(23-13-5-8-15-16(9-13)30-11-29-15)31-17-10-18(25)24(19(17)26)14-6-3-12(4-7-14)20(27)28-2/h3-9,17H,10-11H2,1-2H3,(H,22,23)/t17-/m0/s1. The predicted octanol–water partition coefficient (Wildman–Crippen LogP) is 2.66. The van der Waals surface area contributed by atoms with E-state index >= 15 is 0 Å². The molecule has 10 heteroatoms. The lowest BCUT2D eigenvalue weighted by Gasteiger charge is -2.16. The summed E-state index contributed by atoms with van der Waals surface area (Å²) in [6.07, 6.45) is 0.0457. The van der Waals surface area contributed by atoms with E-state index in [0.29, 0.717) is 27.9 Å². The summed E-state index contributed by atoms with van der Waals surface area (Å²) in [6, 6.07) is 11.5. The number of nitrogens with one attached hydrogen (secondary N) is 1. The lowest BCUT2D eigenvalue weighted by atomic mass is 10.2. The second kappa shape index (κ2) is 8.68. The molecule has 31 heavy (non-hydrogen) atoms. The molecule has 0 aromatic heterocycles. The lowest BCUT2D eigenvalue weighted by molar-refractivity contribution is -0.121. The highest BCUT2D eigenvalue weighted by Gasteiger charge is 2.40. The molecule has 0 bridgehead atoms. The van der Waals surface area contributed by atoms with Crippen LogP contribution in [0, 0.1) is 0 Å². The van der Waals surface area contributed by atoms with Gasteiger partial charge in [-0.25, -0.2) is 9.69 Å². The highest BCUT2D eigenvalue weighted by atomic mass is 32.2. The fraction of sp³-hybridized carbons (Fsp3) is 0.238. The molecular formula is C21H19N3O6S. The third kappa shape index (κ3) is 4.19. The number of benzene rings is 2. The van der Waals surface area contributed by atoms with Crippen LogP contribution in [0.3, 0.4) is 0 Å². The topological polar surface area (TPSA) is 107 Å². The number of hydrogen-bond acceptors (Lipinski definition) is 8. The van der Waals surface area contributed by atoms with Crippen LogP contribution in [-0.4, -0.2) is 49.2 Å². The van der Waals surface area contributed by atoms with Gasteiger partial charge in [0.25, 0.3) is 0 Å². The van der Waals surface area contributed by atoms with Crippen LogP contribution in [0.4, 0.5) is 11.4 Å². The van der Waals surface area contributed by atoms with Gasteiger partial charge in [0.05, 0.1) is 18.4 Å². The second-order valence-electron chi connectivity index (χ2n) is 6.64. The summed E-state index contributed by atoms with van der Waals surface area (Å²) in [5.74, 6) is 0.150. The number of nitrogens with zero attached hydrogens (tertiary/aromatic N) is 2.